The van der Waals surface area contributed by atoms with Gasteiger partial charge in [-0.25, -0.2) is 0 Å². The third kappa shape index (κ3) is 3.98. The molecule has 0 saturated heterocycles. The van der Waals surface area contributed by atoms with E-state index in [9.17, 15) is 0 Å². The van der Waals surface area contributed by atoms with E-state index in [1.807, 2.05) is 24.3 Å². The van der Waals surface area contributed by atoms with Gasteiger partial charge in [-0.3, -0.25) is 0 Å². The van der Waals surface area contributed by atoms with E-state index in [-0.39, 0.29) is 0 Å². The van der Waals surface area contributed by atoms with Gasteiger partial charge in [-0.05, 0) is 17.7 Å². The van der Waals surface area contributed by atoms with Crippen molar-refractivity contribution in [3.8, 4) is 0 Å². The predicted molar refractivity (Wildman–Crippen MR) is 47.5 cm³/mol. The van der Waals surface area contributed by atoms with Crippen molar-refractivity contribution in [2.24, 2.45) is 5.73 Å². The van der Waals surface area contributed by atoms with E-state index >= 15 is 0 Å². The average Bonchev–Trinajstić information content (AvgIpc) is 2.08. The molecule has 0 aromatic heterocycles. The first-order chi connectivity index (χ1) is 5.33. The molecule has 0 amide bonds. The monoisotopic (exact) mass is 173 g/mol. The molecule has 0 radical (unpaired) electrons. The third-order valence-corrected chi connectivity index (χ3v) is 1.36. The van der Waals surface area contributed by atoms with Gasteiger partial charge < -0.3 is 10.8 Å². The highest BCUT2D eigenvalue weighted by Gasteiger charge is 1.87. The summed E-state index contributed by atoms with van der Waals surface area (Å²) in [6.07, 6.45) is 0. The zero-order valence-electron chi connectivity index (χ0n) is 6.42. The van der Waals surface area contributed by atoms with Gasteiger partial charge in [-0.15, -0.1) is 0 Å². The molecule has 0 spiro atoms. The van der Waals surface area contributed by atoms with Crippen LogP contribution >= 0.6 is 11.6 Å². The van der Waals surface area contributed by atoms with Gasteiger partial charge in [0.25, 0.3) is 0 Å². The normalized spacial score (nSPS) is 8.36. The summed E-state index contributed by atoms with van der Waals surface area (Å²) < 4.78 is 0. The van der Waals surface area contributed by atoms with E-state index in [1.165, 1.54) is 0 Å². The average molecular weight is 174 g/mol. The molecule has 0 saturated carbocycles. The minimum Gasteiger partial charge on any atom is -0.400 e. The fraction of sp³-hybridized carbons (Fsp3) is 0.250. The van der Waals surface area contributed by atoms with E-state index in [1.54, 1.807) is 0 Å². The molecule has 2 nitrogen and oxygen atoms in total. The van der Waals surface area contributed by atoms with Gasteiger partial charge in [0.2, 0.25) is 0 Å². The van der Waals surface area contributed by atoms with Crippen LogP contribution in [0.2, 0.25) is 5.02 Å². The Hall–Kier alpha value is -0.570. The highest BCUT2D eigenvalue weighted by atomic mass is 35.5. The fourth-order valence-electron chi connectivity index (χ4n) is 0.664. The second-order valence-corrected chi connectivity index (χ2v) is 2.27. The lowest BCUT2D eigenvalue weighted by molar-refractivity contribution is 0.399. The molecule has 1 rings (SSSR count). The van der Waals surface area contributed by atoms with Crippen molar-refractivity contribution in [2.45, 2.75) is 6.54 Å². The lowest BCUT2D eigenvalue weighted by Crippen LogP contribution is -1.94. The molecule has 0 unspecified atom stereocenters. The molecule has 0 aliphatic rings. The van der Waals surface area contributed by atoms with Crippen molar-refractivity contribution in [2.75, 3.05) is 7.11 Å². The van der Waals surface area contributed by atoms with Crippen molar-refractivity contribution in [3.05, 3.63) is 34.9 Å². The topological polar surface area (TPSA) is 46.2 Å². The molecule has 0 aliphatic carbocycles. The highest BCUT2D eigenvalue weighted by Crippen LogP contribution is 2.09. The number of benzene rings is 1. The lowest BCUT2D eigenvalue weighted by Gasteiger charge is -1.93. The first kappa shape index (κ1) is 10.4. The number of hydrogen-bond acceptors (Lipinski definition) is 2. The first-order valence-electron chi connectivity index (χ1n) is 3.22. The van der Waals surface area contributed by atoms with Gasteiger partial charge in [0.1, 0.15) is 0 Å². The lowest BCUT2D eigenvalue weighted by atomic mass is 10.2. The van der Waals surface area contributed by atoms with E-state index in [0.717, 1.165) is 17.7 Å². The Morgan fingerprint density at radius 3 is 2.45 bits per heavy atom. The van der Waals surface area contributed by atoms with Crippen LogP contribution in [0.15, 0.2) is 24.3 Å². The standard InChI is InChI=1S/C7H8ClN.CH4O/c8-7-3-1-2-6(4-7)5-9;1-2/h1-4H,5,9H2;2H,1H3. The van der Waals surface area contributed by atoms with Crippen molar-refractivity contribution < 1.29 is 5.11 Å². The summed E-state index contributed by atoms with van der Waals surface area (Å²) in [5, 5.41) is 7.75. The summed E-state index contributed by atoms with van der Waals surface area (Å²) >= 11 is 5.67. The second-order valence-electron chi connectivity index (χ2n) is 1.83. The maximum Gasteiger partial charge on any atom is 0.0409 e. The Bertz CT molecular complexity index is 203. The minimum atomic E-state index is 0.556. The van der Waals surface area contributed by atoms with Crippen molar-refractivity contribution in [3.63, 3.8) is 0 Å². The predicted octanol–water partition coefficient (Wildman–Crippen LogP) is 1.41. The number of rotatable bonds is 1. The summed E-state index contributed by atoms with van der Waals surface area (Å²) in [6, 6.07) is 7.54. The zero-order chi connectivity index (χ0) is 8.69. The summed E-state index contributed by atoms with van der Waals surface area (Å²) in [4.78, 5) is 0. The fourth-order valence-corrected chi connectivity index (χ4v) is 0.877. The molecule has 1 aromatic rings. The van der Waals surface area contributed by atoms with E-state index < -0.39 is 0 Å². The maximum absolute atomic E-state index is 7.00. The Morgan fingerprint density at radius 1 is 1.45 bits per heavy atom. The maximum atomic E-state index is 7.00. The molecule has 0 aliphatic heterocycles. The van der Waals surface area contributed by atoms with Crippen LogP contribution in [0.4, 0.5) is 0 Å². The molecule has 3 N–H and O–H groups in total. The molecule has 1 aromatic carbocycles. The smallest absolute Gasteiger partial charge is 0.0409 e. The summed E-state index contributed by atoms with van der Waals surface area (Å²) in [6.45, 7) is 0.556. The van der Waals surface area contributed by atoms with Crippen molar-refractivity contribution in [1.82, 2.24) is 0 Å². The summed E-state index contributed by atoms with van der Waals surface area (Å²) in [7, 11) is 1.00. The Labute approximate surface area is 71.6 Å². The van der Waals surface area contributed by atoms with Crippen LogP contribution in [0.5, 0.6) is 0 Å². The summed E-state index contributed by atoms with van der Waals surface area (Å²) in [5.74, 6) is 0. The molecule has 0 bridgehead atoms. The molecular weight excluding hydrogens is 162 g/mol. The van der Waals surface area contributed by atoms with Gasteiger partial charge in [0.15, 0.2) is 0 Å². The second kappa shape index (κ2) is 6.16. The molecule has 3 heteroatoms. The van der Waals surface area contributed by atoms with Crippen LogP contribution in [0.1, 0.15) is 5.56 Å². The van der Waals surface area contributed by atoms with Crippen molar-refractivity contribution >= 4 is 11.6 Å². The molecule has 62 valence electrons. The Balaban J connectivity index is 0.000000461. The van der Waals surface area contributed by atoms with Crippen LogP contribution < -0.4 is 5.73 Å². The molecular formula is C8H12ClNO. The zero-order valence-corrected chi connectivity index (χ0v) is 7.17. The van der Waals surface area contributed by atoms with E-state index in [2.05, 4.69) is 0 Å². The number of aliphatic hydroxyl groups excluding tert-OH is 1. The highest BCUT2D eigenvalue weighted by molar-refractivity contribution is 6.30. The number of halogens is 1. The number of aliphatic hydroxyl groups is 1. The summed E-state index contributed by atoms with van der Waals surface area (Å²) in [5.41, 5.74) is 6.43. The third-order valence-electron chi connectivity index (χ3n) is 1.12. The van der Waals surface area contributed by atoms with Gasteiger partial charge in [-0.2, -0.15) is 0 Å². The first-order valence-corrected chi connectivity index (χ1v) is 3.60. The van der Waals surface area contributed by atoms with E-state index in [0.29, 0.717) is 6.54 Å². The van der Waals surface area contributed by atoms with Crippen LogP contribution in [0.25, 0.3) is 0 Å². The van der Waals surface area contributed by atoms with Gasteiger partial charge in [0.05, 0.1) is 0 Å². The quantitative estimate of drug-likeness (QED) is 0.675. The largest absolute Gasteiger partial charge is 0.400 e. The van der Waals surface area contributed by atoms with Gasteiger partial charge >= 0.3 is 0 Å². The van der Waals surface area contributed by atoms with E-state index in [4.69, 9.17) is 22.4 Å². The number of hydrogen-bond donors (Lipinski definition) is 2. The van der Waals surface area contributed by atoms with Crippen LogP contribution in [-0.2, 0) is 6.54 Å². The van der Waals surface area contributed by atoms with Crippen LogP contribution in [-0.4, -0.2) is 12.2 Å². The van der Waals surface area contributed by atoms with Gasteiger partial charge in [-0.1, -0.05) is 23.7 Å². The molecule has 0 heterocycles. The van der Waals surface area contributed by atoms with Crippen LogP contribution in [0, 0.1) is 0 Å². The number of nitrogens with two attached hydrogens (primary N) is 1. The Morgan fingerprint density at radius 2 is 2.09 bits per heavy atom. The molecule has 11 heavy (non-hydrogen) atoms. The Kier molecular flexibility index (Phi) is 5.84. The molecule has 0 fully saturated rings. The van der Waals surface area contributed by atoms with Gasteiger partial charge in [0, 0.05) is 18.7 Å². The van der Waals surface area contributed by atoms with Crippen LogP contribution in [0.3, 0.4) is 0 Å². The molecule has 0 atom stereocenters. The van der Waals surface area contributed by atoms with Crippen molar-refractivity contribution in [1.29, 1.82) is 0 Å². The minimum absolute atomic E-state index is 0.556. The SMILES string of the molecule is CO.NCc1cccc(Cl)c1.